The Labute approximate surface area is 122 Å². The first-order valence-electron chi connectivity index (χ1n) is 6.44. The number of anilines is 3. The summed E-state index contributed by atoms with van der Waals surface area (Å²) in [6.07, 6.45) is -0.0664. The molecule has 1 aromatic heterocycles. The van der Waals surface area contributed by atoms with Crippen LogP contribution in [0.3, 0.4) is 0 Å². The largest absolute Gasteiger partial charge is 0.461 e. The summed E-state index contributed by atoms with van der Waals surface area (Å²) in [5, 5.41) is 12.0. The van der Waals surface area contributed by atoms with Gasteiger partial charge in [-0.2, -0.15) is 20.2 Å². The zero-order valence-electron chi connectivity index (χ0n) is 12.1. The van der Waals surface area contributed by atoms with Gasteiger partial charge in [0.1, 0.15) is 0 Å². The molecule has 2 rings (SSSR count). The number of ether oxygens (including phenoxy) is 1. The molecule has 3 N–H and O–H groups in total. The molecule has 0 unspecified atom stereocenters. The summed E-state index contributed by atoms with van der Waals surface area (Å²) in [5.41, 5.74) is 7.88. The van der Waals surface area contributed by atoms with E-state index >= 15 is 0 Å². The molecule has 0 aliphatic carbocycles. The molecule has 2 aromatic rings. The number of nitriles is 1. The lowest BCUT2D eigenvalue weighted by Crippen LogP contribution is -2.12. The number of nitrogens with two attached hydrogens (primary N) is 1. The summed E-state index contributed by atoms with van der Waals surface area (Å²) in [4.78, 5) is 12.1. The van der Waals surface area contributed by atoms with Crippen molar-refractivity contribution in [2.24, 2.45) is 0 Å². The van der Waals surface area contributed by atoms with Crippen LogP contribution in [0.4, 0.5) is 17.6 Å². The molecule has 0 saturated heterocycles. The summed E-state index contributed by atoms with van der Waals surface area (Å²) in [7, 11) is 0. The molecular formula is C14H16N6O. The summed E-state index contributed by atoms with van der Waals surface area (Å²) in [6, 6.07) is 7.56. The summed E-state index contributed by atoms with van der Waals surface area (Å²) in [6.45, 7) is 5.65. The lowest BCUT2D eigenvalue weighted by molar-refractivity contribution is 0.222. The number of benzene rings is 1. The molecule has 7 heteroatoms. The third-order valence-corrected chi connectivity index (χ3v) is 2.59. The minimum atomic E-state index is -0.0664. The smallest absolute Gasteiger partial charge is 0.323 e. The zero-order valence-corrected chi connectivity index (χ0v) is 12.1. The fourth-order valence-electron chi connectivity index (χ4n) is 1.64. The van der Waals surface area contributed by atoms with Crippen molar-refractivity contribution in [3.63, 3.8) is 0 Å². The van der Waals surface area contributed by atoms with Gasteiger partial charge in [0.2, 0.25) is 11.9 Å². The second kappa shape index (κ2) is 6.05. The Morgan fingerprint density at radius 2 is 2.05 bits per heavy atom. The molecule has 21 heavy (non-hydrogen) atoms. The molecule has 7 nitrogen and oxygen atoms in total. The van der Waals surface area contributed by atoms with Crippen molar-refractivity contribution in [2.45, 2.75) is 26.9 Å². The normalized spacial score (nSPS) is 10.2. The number of rotatable bonds is 4. The SMILES string of the molecule is Cc1ccc(C#N)cc1Nc1nc(N)nc(OC(C)C)n1. The second-order valence-corrected chi connectivity index (χ2v) is 4.73. The molecule has 0 saturated carbocycles. The van der Waals surface area contributed by atoms with Crippen LogP contribution in [0.2, 0.25) is 0 Å². The second-order valence-electron chi connectivity index (χ2n) is 4.73. The van der Waals surface area contributed by atoms with Crippen LogP contribution in [0.1, 0.15) is 25.0 Å². The standard InChI is InChI=1S/C14H16N6O/c1-8(2)21-14-19-12(16)18-13(20-14)17-11-6-10(7-15)5-4-9(11)3/h4-6,8H,1-3H3,(H3,16,17,18,19,20). The molecule has 0 radical (unpaired) electrons. The molecule has 0 aliphatic heterocycles. The van der Waals surface area contributed by atoms with Crippen molar-refractivity contribution in [1.29, 1.82) is 5.26 Å². The van der Waals surface area contributed by atoms with Crippen LogP contribution >= 0.6 is 0 Å². The van der Waals surface area contributed by atoms with Gasteiger partial charge in [0.05, 0.1) is 17.7 Å². The van der Waals surface area contributed by atoms with E-state index in [4.69, 9.17) is 15.7 Å². The fourth-order valence-corrected chi connectivity index (χ4v) is 1.64. The number of hydrogen-bond acceptors (Lipinski definition) is 7. The Kier molecular flexibility index (Phi) is 4.18. The Bertz CT molecular complexity index is 692. The summed E-state index contributed by atoms with van der Waals surface area (Å²) < 4.78 is 5.41. The van der Waals surface area contributed by atoms with Crippen LogP contribution in [0.5, 0.6) is 6.01 Å². The summed E-state index contributed by atoms with van der Waals surface area (Å²) >= 11 is 0. The number of nitrogens with one attached hydrogen (secondary N) is 1. The van der Waals surface area contributed by atoms with Gasteiger partial charge in [-0.3, -0.25) is 0 Å². The molecule has 108 valence electrons. The maximum Gasteiger partial charge on any atom is 0.323 e. The quantitative estimate of drug-likeness (QED) is 0.885. The van der Waals surface area contributed by atoms with E-state index in [1.165, 1.54) is 0 Å². The van der Waals surface area contributed by atoms with Gasteiger partial charge in [0.15, 0.2) is 0 Å². The number of nitrogen functional groups attached to an aromatic ring is 1. The predicted molar refractivity (Wildman–Crippen MR) is 79.2 cm³/mol. The maximum atomic E-state index is 8.95. The van der Waals surface area contributed by atoms with Gasteiger partial charge in [-0.15, -0.1) is 0 Å². The van der Waals surface area contributed by atoms with Crippen molar-refractivity contribution < 1.29 is 4.74 Å². The van der Waals surface area contributed by atoms with E-state index in [0.29, 0.717) is 5.56 Å². The van der Waals surface area contributed by atoms with Crippen molar-refractivity contribution in [3.8, 4) is 12.1 Å². The molecule has 0 aliphatic rings. The average molecular weight is 284 g/mol. The highest BCUT2D eigenvalue weighted by Gasteiger charge is 2.09. The van der Waals surface area contributed by atoms with Gasteiger partial charge in [-0.1, -0.05) is 6.07 Å². The Morgan fingerprint density at radius 3 is 2.71 bits per heavy atom. The lowest BCUT2D eigenvalue weighted by Gasteiger charge is -2.11. The van der Waals surface area contributed by atoms with Crippen LogP contribution in [-0.4, -0.2) is 21.1 Å². The first kappa shape index (κ1) is 14.5. The minimum absolute atomic E-state index is 0.0664. The number of hydrogen-bond donors (Lipinski definition) is 2. The predicted octanol–water partition coefficient (Wildman–Crippen LogP) is 2.16. The van der Waals surface area contributed by atoms with Crippen molar-refractivity contribution in [1.82, 2.24) is 15.0 Å². The maximum absolute atomic E-state index is 8.95. The van der Waals surface area contributed by atoms with Gasteiger partial charge in [-0.05, 0) is 38.5 Å². The van der Waals surface area contributed by atoms with Gasteiger partial charge in [-0.25, -0.2) is 0 Å². The fraction of sp³-hybridized carbons (Fsp3) is 0.286. The van der Waals surface area contributed by atoms with Crippen molar-refractivity contribution in [2.75, 3.05) is 11.1 Å². The minimum Gasteiger partial charge on any atom is -0.461 e. The van der Waals surface area contributed by atoms with Crippen LogP contribution in [0, 0.1) is 18.3 Å². The van der Waals surface area contributed by atoms with Crippen LogP contribution < -0.4 is 15.8 Å². The van der Waals surface area contributed by atoms with E-state index in [0.717, 1.165) is 11.3 Å². The monoisotopic (exact) mass is 284 g/mol. The zero-order chi connectivity index (χ0) is 15.4. The molecule has 0 fully saturated rings. The molecule has 0 amide bonds. The Morgan fingerprint density at radius 1 is 1.29 bits per heavy atom. The Hall–Kier alpha value is -2.88. The van der Waals surface area contributed by atoms with Gasteiger partial charge < -0.3 is 15.8 Å². The number of aryl methyl sites for hydroxylation is 1. The Balaban J connectivity index is 2.31. The van der Waals surface area contributed by atoms with E-state index in [-0.39, 0.29) is 24.0 Å². The third-order valence-electron chi connectivity index (χ3n) is 2.59. The van der Waals surface area contributed by atoms with Gasteiger partial charge in [0, 0.05) is 5.69 Å². The van der Waals surface area contributed by atoms with E-state index < -0.39 is 0 Å². The highest BCUT2D eigenvalue weighted by Crippen LogP contribution is 2.21. The lowest BCUT2D eigenvalue weighted by atomic mass is 10.1. The number of nitrogens with zero attached hydrogens (tertiary/aromatic N) is 4. The highest BCUT2D eigenvalue weighted by atomic mass is 16.5. The molecule has 1 aromatic carbocycles. The third kappa shape index (κ3) is 3.79. The van der Waals surface area contributed by atoms with Crippen LogP contribution in [0.15, 0.2) is 18.2 Å². The average Bonchev–Trinajstić information content (AvgIpc) is 2.39. The van der Waals surface area contributed by atoms with Crippen molar-refractivity contribution >= 4 is 17.6 Å². The topological polar surface area (TPSA) is 110 Å². The molecule has 0 spiro atoms. The van der Waals surface area contributed by atoms with E-state index in [1.54, 1.807) is 12.1 Å². The molecule has 0 bridgehead atoms. The van der Waals surface area contributed by atoms with E-state index in [9.17, 15) is 0 Å². The molecular weight excluding hydrogens is 268 g/mol. The molecule has 0 atom stereocenters. The van der Waals surface area contributed by atoms with E-state index in [1.807, 2.05) is 26.8 Å². The van der Waals surface area contributed by atoms with Crippen LogP contribution in [0.25, 0.3) is 0 Å². The first-order valence-corrected chi connectivity index (χ1v) is 6.44. The first-order chi connectivity index (χ1) is 9.97. The van der Waals surface area contributed by atoms with Gasteiger partial charge >= 0.3 is 6.01 Å². The van der Waals surface area contributed by atoms with Gasteiger partial charge in [0.25, 0.3) is 0 Å². The molecule has 1 heterocycles. The summed E-state index contributed by atoms with van der Waals surface area (Å²) in [5.74, 6) is 0.341. The highest BCUT2D eigenvalue weighted by molar-refractivity contribution is 5.61. The van der Waals surface area contributed by atoms with E-state index in [2.05, 4.69) is 26.3 Å². The number of aromatic nitrogens is 3. The van der Waals surface area contributed by atoms with Crippen LogP contribution in [-0.2, 0) is 0 Å². The van der Waals surface area contributed by atoms with Crippen molar-refractivity contribution in [3.05, 3.63) is 29.3 Å².